The number of rotatable bonds is 3. The van der Waals surface area contributed by atoms with Crippen LogP contribution in [0.2, 0.25) is 0 Å². The molecule has 1 aromatic carbocycles. The first kappa shape index (κ1) is 11.4. The highest BCUT2D eigenvalue weighted by molar-refractivity contribution is 5.44. The highest BCUT2D eigenvalue weighted by Gasteiger charge is 2.25. The molecule has 0 saturated heterocycles. The van der Waals surface area contributed by atoms with Gasteiger partial charge in [-0.3, -0.25) is 0 Å². The Hall–Kier alpha value is -1.09. The summed E-state index contributed by atoms with van der Waals surface area (Å²) in [6.07, 6.45) is 3.09. The fraction of sp³-hybridized carbons (Fsp3) is 0.538. The zero-order chi connectivity index (χ0) is 11.5. The lowest BCUT2D eigenvalue weighted by Crippen LogP contribution is -2.22. The molecule has 1 aliphatic carbocycles. The molecule has 1 unspecified atom stereocenters. The second-order valence-corrected chi connectivity index (χ2v) is 4.29. The quantitative estimate of drug-likeness (QED) is 0.850. The van der Waals surface area contributed by atoms with E-state index in [1.54, 1.807) is 13.2 Å². The molecular formula is C13H18FNO. The van der Waals surface area contributed by atoms with Gasteiger partial charge in [0.1, 0.15) is 11.6 Å². The predicted molar refractivity (Wildman–Crippen MR) is 62.6 cm³/mol. The lowest BCUT2D eigenvalue weighted by Gasteiger charge is -2.27. The highest BCUT2D eigenvalue weighted by atomic mass is 19.1. The van der Waals surface area contributed by atoms with E-state index in [-0.39, 0.29) is 11.7 Å². The first-order valence-corrected chi connectivity index (χ1v) is 5.77. The second-order valence-electron chi connectivity index (χ2n) is 4.29. The topological polar surface area (TPSA) is 21.3 Å². The van der Waals surface area contributed by atoms with Crippen molar-refractivity contribution < 1.29 is 9.13 Å². The average Bonchev–Trinajstić information content (AvgIpc) is 2.30. The molecule has 0 aliphatic heterocycles. The van der Waals surface area contributed by atoms with E-state index < -0.39 is 0 Å². The van der Waals surface area contributed by atoms with E-state index >= 15 is 0 Å². The maximum Gasteiger partial charge on any atom is 0.127 e. The van der Waals surface area contributed by atoms with E-state index in [1.165, 1.54) is 6.07 Å². The number of nitrogens with one attached hydrogen (secondary N) is 1. The van der Waals surface area contributed by atoms with Gasteiger partial charge in [-0.1, -0.05) is 0 Å². The summed E-state index contributed by atoms with van der Waals surface area (Å²) >= 11 is 0. The van der Waals surface area contributed by atoms with Gasteiger partial charge in [-0.15, -0.1) is 0 Å². The molecule has 1 aromatic rings. The number of benzene rings is 1. The van der Waals surface area contributed by atoms with Gasteiger partial charge in [-0.05, 0) is 49.9 Å². The lowest BCUT2D eigenvalue weighted by atomic mass is 9.82. The third-order valence-electron chi connectivity index (χ3n) is 3.32. The molecule has 88 valence electrons. The molecule has 0 saturated carbocycles. The number of likely N-dealkylation sites (N-methyl/N-ethyl adjacent to an activating group) is 1. The molecular weight excluding hydrogens is 205 g/mol. The molecule has 0 heterocycles. The maximum absolute atomic E-state index is 13.9. The van der Waals surface area contributed by atoms with Crippen LogP contribution < -0.4 is 10.1 Å². The van der Waals surface area contributed by atoms with Crippen LogP contribution in [0.5, 0.6) is 5.75 Å². The number of methoxy groups -OCH3 is 1. The monoisotopic (exact) mass is 223 g/mol. The van der Waals surface area contributed by atoms with E-state index in [1.807, 2.05) is 7.05 Å². The summed E-state index contributed by atoms with van der Waals surface area (Å²) in [5.74, 6) is 1.02. The lowest BCUT2D eigenvalue weighted by molar-refractivity contribution is 0.397. The van der Waals surface area contributed by atoms with Gasteiger partial charge in [0.2, 0.25) is 0 Å². The van der Waals surface area contributed by atoms with Crippen LogP contribution in [-0.4, -0.2) is 20.7 Å². The van der Waals surface area contributed by atoms with Gasteiger partial charge in [0.25, 0.3) is 0 Å². The zero-order valence-corrected chi connectivity index (χ0v) is 9.85. The van der Waals surface area contributed by atoms with Crippen LogP contribution in [0, 0.1) is 5.82 Å². The Balaban J connectivity index is 2.45. The van der Waals surface area contributed by atoms with Crippen molar-refractivity contribution in [2.24, 2.45) is 0 Å². The number of halogens is 1. The number of fused-ring (bicyclic) bond motifs is 1. The largest absolute Gasteiger partial charge is 0.496 e. The van der Waals surface area contributed by atoms with Crippen molar-refractivity contribution in [2.75, 3.05) is 20.7 Å². The molecule has 2 rings (SSSR count). The van der Waals surface area contributed by atoms with Gasteiger partial charge in [-0.2, -0.15) is 0 Å². The summed E-state index contributed by atoms with van der Waals surface area (Å²) in [5.41, 5.74) is 1.92. The minimum atomic E-state index is -0.0873. The van der Waals surface area contributed by atoms with Crippen LogP contribution in [0.3, 0.4) is 0 Å². The van der Waals surface area contributed by atoms with E-state index in [2.05, 4.69) is 5.32 Å². The van der Waals surface area contributed by atoms with Crippen LogP contribution in [0.4, 0.5) is 4.39 Å². The number of hydrogen-bond donors (Lipinski definition) is 1. The molecule has 0 amide bonds. The Bertz CT molecular complexity index is 378. The molecule has 0 fully saturated rings. The van der Waals surface area contributed by atoms with E-state index in [0.717, 1.165) is 42.7 Å². The molecule has 0 bridgehead atoms. The summed E-state index contributed by atoms with van der Waals surface area (Å²) in [6.45, 7) is 0.830. The molecule has 1 atom stereocenters. The molecule has 0 aromatic heterocycles. The molecule has 3 heteroatoms. The first-order valence-electron chi connectivity index (χ1n) is 5.77. The van der Waals surface area contributed by atoms with Crippen LogP contribution in [0.1, 0.15) is 29.9 Å². The van der Waals surface area contributed by atoms with Crippen molar-refractivity contribution in [3.05, 3.63) is 29.1 Å². The van der Waals surface area contributed by atoms with Gasteiger partial charge < -0.3 is 10.1 Å². The third kappa shape index (κ3) is 1.92. The number of hydrogen-bond acceptors (Lipinski definition) is 2. The fourth-order valence-electron chi connectivity index (χ4n) is 2.63. The smallest absolute Gasteiger partial charge is 0.127 e. The zero-order valence-electron chi connectivity index (χ0n) is 9.85. The summed E-state index contributed by atoms with van der Waals surface area (Å²) in [5, 5.41) is 3.14. The second kappa shape index (κ2) is 4.83. The van der Waals surface area contributed by atoms with Crippen LogP contribution >= 0.6 is 0 Å². The SMILES string of the molecule is CNCC1CCCc2c(OC)ccc(F)c21. The van der Waals surface area contributed by atoms with Crippen LogP contribution in [-0.2, 0) is 6.42 Å². The van der Waals surface area contributed by atoms with Crippen LogP contribution in [0.15, 0.2) is 12.1 Å². The molecule has 1 aliphatic rings. The van der Waals surface area contributed by atoms with Crippen molar-refractivity contribution in [1.29, 1.82) is 0 Å². The standard InChI is InChI=1S/C13H18FNO/c1-15-8-9-4-3-5-10-12(16-2)7-6-11(14)13(9)10/h6-7,9,15H,3-5,8H2,1-2H3. The Morgan fingerprint density at radius 2 is 2.31 bits per heavy atom. The van der Waals surface area contributed by atoms with Crippen molar-refractivity contribution in [3.8, 4) is 5.75 Å². The van der Waals surface area contributed by atoms with Gasteiger partial charge in [-0.25, -0.2) is 4.39 Å². The van der Waals surface area contributed by atoms with E-state index in [0.29, 0.717) is 0 Å². The molecule has 0 radical (unpaired) electrons. The summed E-state index contributed by atoms with van der Waals surface area (Å²) in [7, 11) is 3.56. The van der Waals surface area contributed by atoms with Gasteiger partial charge in [0.05, 0.1) is 7.11 Å². The third-order valence-corrected chi connectivity index (χ3v) is 3.32. The Kier molecular flexibility index (Phi) is 3.44. The Labute approximate surface area is 95.8 Å². The maximum atomic E-state index is 13.9. The van der Waals surface area contributed by atoms with Gasteiger partial charge in [0, 0.05) is 12.1 Å². The first-order chi connectivity index (χ1) is 7.77. The fourth-order valence-corrected chi connectivity index (χ4v) is 2.63. The highest BCUT2D eigenvalue weighted by Crippen LogP contribution is 2.37. The van der Waals surface area contributed by atoms with Crippen molar-refractivity contribution in [1.82, 2.24) is 5.32 Å². The number of ether oxygens (including phenoxy) is 1. The Morgan fingerprint density at radius 3 is 3.00 bits per heavy atom. The summed E-state index contributed by atoms with van der Waals surface area (Å²) in [4.78, 5) is 0. The molecule has 0 spiro atoms. The normalized spacial score (nSPS) is 19.3. The molecule has 16 heavy (non-hydrogen) atoms. The Morgan fingerprint density at radius 1 is 1.50 bits per heavy atom. The molecule has 2 nitrogen and oxygen atoms in total. The van der Waals surface area contributed by atoms with Crippen molar-refractivity contribution in [3.63, 3.8) is 0 Å². The summed E-state index contributed by atoms with van der Waals surface area (Å²) < 4.78 is 19.2. The van der Waals surface area contributed by atoms with Crippen molar-refractivity contribution >= 4 is 0 Å². The summed E-state index contributed by atoms with van der Waals surface area (Å²) in [6, 6.07) is 3.25. The molecule has 1 N–H and O–H groups in total. The van der Waals surface area contributed by atoms with Gasteiger partial charge >= 0.3 is 0 Å². The van der Waals surface area contributed by atoms with Crippen LogP contribution in [0.25, 0.3) is 0 Å². The van der Waals surface area contributed by atoms with Gasteiger partial charge in [0.15, 0.2) is 0 Å². The van der Waals surface area contributed by atoms with E-state index in [4.69, 9.17) is 4.74 Å². The minimum absolute atomic E-state index is 0.0873. The van der Waals surface area contributed by atoms with Crippen molar-refractivity contribution in [2.45, 2.75) is 25.2 Å². The van der Waals surface area contributed by atoms with E-state index in [9.17, 15) is 4.39 Å². The average molecular weight is 223 g/mol. The minimum Gasteiger partial charge on any atom is -0.496 e. The predicted octanol–water partition coefficient (Wildman–Crippen LogP) is 2.47.